The SMILES string of the molecule is C(=C1CCCCO1)N1CCCC1. The Bertz CT molecular complexity index is 163. The molecule has 0 unspecified atom stereocenters. The van der Waals surface area contributed by atoms with Gasteiger partial charge in [0.25, 0.3) is 0 Å². The van der Waals surface area contributed by atoms with E-state index in [-0.39, 0.29) is 0 Å². The number of likely N-dealkylation sites (tertiary alicyclic amines) is 1. The van der Waals surface area contributed by atoms with Crippen LogP contribution in [-0.2, 0) is 4.74 Å². The lowest BCUT2D eigenvalue weighted by Gasteiger charge is -2.19. The van der Waals surface area contributed by atoms with Crippen molar-refractivity contribution >= 4 is 0 Å². The number of ether oxygens (including phenoxy) is 1. The van der Waals surface area contributed by atoms with Crippen LogP contribution in [0.25, 0.3) is 0 Å². The van der Waals surface area contributed by atoms with Gasteiger partial charge in [-0.3, -0.25) is 0 Å². The predicted octanol–water partition coefficient (Wildman–Crippen LogP) is 2.12. The maximum Gasteiger partial charge on any atom is 0.112 e. The summed E-state index contributed by atoms with van der Waals surface area (Å²) in [5.74, 6) is 1.21. The second-order valence-corrected chi connectivity index (χ2v) is 3.64. The highest BCUT2D eigenvalue weighted by Gasteiger charge is 2.11. The highest BCUT2D eigenvalue weighted by atomic mass is 16.5. The Balaban J connectivity index is 1.87. The van der Waals surface area contributed by atoms with E-state index in [4.69, 9.17) is 4.74 Å². The number of hydrogen-bond donors (Lipinski definition) is 0. The van der Waals surface area contributed by atoms with Gasteiger partial charge in [-0.1, -0.05) is 0 Å². The van der Waals surface area contributed by atoms with Crippen LogP contribution in [0.4, 0.5) is 0 Å². The van der Waals surface area contributed by atoms with Gasteiger partial charge >= 0.3 is 0 Å². The second kappa shape index (κ2) is 3.83. The van der Waals surface area contributed by atoms with Crippen LogP contribution in [0.1, 0.15) is 32.1 Å². The minimum atomic E-state index is 0.930. The van der Waals surface area contributed by atoms with Crippen molar-refractivity contribution in [3.8, 4) is 0 Å². The van der Waals surface area contributed by atoms with Crippen LogP contribution in [0.15, 0.2) is 12.0 Å². The first-order valence-electron chi connectivity index (χ1n) is 5.03. The summed E-state index contributed by atoms with van der Waals surface area (Å²) in [6.45, 7) is 3.39. The van der Waals surface area contributed by atoms with Crippen molar-refractivity contribution in [2.45, 2.75) is 32.1 Å². The van der Waals surface area contributed by atoms with Gasteiger partial charge in [-0.15, -0.1) is 0 Å². The summed E-state index contributed by atoms with van der Waals surface area (Å²) in [5, 5.41) is 0. The van der Waals surface area contributed by atoms with Gasteiger partial charge in [0.2, 0.25) is 0 Å². The van der Waals surface area contributed by atoms with Crippen LogP contribution < -0.4 is 0 Å². The van der Waals surface area contributed by atoms with Crippen molar-refractivity contribution in [3.05, 3.63) is 12.0 Å². The van der Waals surface area contributed by atoms with E-state index in [9.17, 15) is 0 Å². The molecule has 0 bridgehead atoms. The molecular formula is C10H17NO. The summed E-state index contributed by atoms with van der Waals surface area (Å²) < 4.78 is 5.56. The minimum Gasteiger partial charge on any atom is -0.496 e. The molecule has 68 valence electrons. The molecule has 0 saturated carbocycles. The fraction of sp³-hybridized carbons (Fsp3) is 0.800. The van der Waals surface area contributed by atoms with Gasteiger partial charge in [-0.2, -0.15) is 0 Å². The number of allylic oxidation sites excluding steroid dienone is 1. The zero-order chi connectivity index (χ0) is 8.23. The Kier molecular flexibility index (Phi) is 2.54. The second-order valence-electron chi connectivity index (χ2n) is 3.64. The van der Waals surface area contributed by atoms with Crippen molar-refractivity contribution in [3.63, 3.8) is 0 Å². The van der Waals surface area contributed by atoms with Crippen LogP contribution in [0.3, 0.4) is 0 Å². The zero-order valence-electron chi connectivity index (χ0n) is 7.59. The number of hydrogen-bond acceptors (Lipinski definition) is 2. The van der Waals surface area contributed by atoms with Crippen molar-refractivity contribution in [1.82, 2.24) is 4.90 Å². The van der Waals surface area contributed by atoms with Gasteiger partial charge in [0.1, 0.15) is 5.76 Å². The molecule has 0 aliphatic carbocycles. The van der Waals surface area contributed by atoms with Crippen LogP contribution in [0, 0.1) is 0 Å². The van der Waals surface area contributed by atoms with Crippen molar-refractivity contribution in [2.24, 2.45) is 0 Å². The van der Waals surface area contributed by atoms with Gasteiger partial charge in [0.15, 0.2) is 0 Å². The molecule has 2 aliphatic rings. The Morgan fingerprint density at radius 3 is 2.58 bits per heavy atom. The van der Waals surface area contributed by atoms with Crippen LogP contribution in [0.5, 0.6) is 0 Å². The summed E-state index contributed by atoms with van der Waals surface area (Å²) in [7, 11) is 0. The molecule has 0 amide bonds. The quantitative estimate of drug-likeness (QED) is 0.593. The van der Waals surface area contributed by atoms with Gasteiger partial charge in [0, 0.05) is 25.7 Å². The smallest absolute Gasteiger partial charge is 0.112 e. The molecule has 12 heavy (non-hydrogen) atoms. The zero-order valence-corrected chi connectivity index (χ0v) is 7.59. The van der Waals surface area contributed by atoms with E-state index in [2.05, 4.69) is 11.1 Å². The average molecular weight is 167 g/mol. The highest BCUT2D eigenvalue weighted by molar-refractivity contribution is 4.95. The molecule has 2 saturated heterocycles. The lowest BCUT2D eigenvalue weighted by Crippen LogP contribution is -2.14. The Morgan fingerprint density at radius 2 is 1.92 bits per heavy atom. The van der Waals surface area contributed by atoms with Gasteiger partial charge in [-0.05, 0) is 25.7 Å². The van der Waals surface area contributed by atoms with Crippen molar-refractivity contribution in [1.29, 1.82) is 0 Å². The van der Waals surface area contributed by atoms with Crippen LogP contribution >= 0.6 is 0 Å². The van der Waals surface area contributed by atoms with E-state index in [0.29, 0.717) is 0 Å². The predicted molar refractivity (Wildman–Crippen MR) is 48.7 cm³/mol. The molecule has 0 N–H and O–H groups in total. The molecule has 2 fully saturated rings. The van der Waals surface area contributed by atoms with Gasteiger partial charge < -0.3 is 9.64 Å². The Morgan fingerprint density at radius 1 is 1.08 bits per heavy atom. The molecule has 2 nitrogen and oxygen atoms in total. The monoisotopic (exact) mass is 167 g/mol. The summed E-state index contributed by atoms with van der Waals surface area (Å²) in [5.41, 5.74) is 0. The van der Waals surface area contributed by atoms with Crippen LogP contribution in [-0.4, -0.2) is 24.6 Å². The maximum atomic E-state index is 5.56. The number of rotatable bonds is 1. The Hall–Kier alpha value is -0.660. The molecule has 2 rings (SSSR count). The first kappa shape index (κ1) is 7.96. The normalized spacial score (nSPS) is 27.7. The largest absolute Gasteiger partial charge is 0.496 e. The maximum absolute atomic E-state index is 5.56. The highest BCUT2D eigenvalue weighted by Crippen LogP contribution is 2.18. The summed E-state index contributed by atoms with van der Waals surface area (Å²) in [4.78, 5) is 2.39. The molecule has 0 aromatic carbocycles. The third kappa shape index (κ3) is 1.93. The molecule has 0 spiro atoms. The van der Waals surface area contributed by atoms with E-state index in [1.165, 1.54) is 44.5 Å². The molecule has 2 aliphatic heterocycles. The number of nitrogens with zero attached hydrogens (tertiary/aromatic N) is 1. The van der Waals surface area contributed by atoms with Crippen molar-refractivity contribution < 1.29 is 4.74 Å². The summed E-state index contributed by atoms with van der Waals surface area (Å²) in [6.07, 6.45) is 8.62. The molecule has 0 aromatic heterocycles. The topological polar surface area (TPSA) is 12.5 Å². The van der Waals surface area contributed by atoms with Crippen LogP contribution in [0.2, 0.25) is 0 Å². The van der Waals surface area contributed by atoms with Crippen molar-refractivity contribution in [2.75, 3.05) is 19.7 Å². The van der Waals surface area contributed by atoms with Gasteiger partial charge in [0.05, 0.1) is 6.61 Å². The van der Waals surface area contributed by atoms with E-state index in [1.54, 1.807) is 0 Å². The molecular weight excluding hydrogens is 150 g/mol. The molecule has 0 radical (unpaired) electrons. The lowest BCUT2D eigenvalue weighted by molar-refractivity contribution is 0.159. The molecule has 0 aromatic rings. The third-order valence-corrected chi connectivity index (χ3v) is 2.57. The van der Waals surface area contributed by atoms with E-state index in [0.717, 1.165) is 13.0 Å². The third-order valence-electron chi connectivity index (χ3n) is 2.57. The van der Waals surface area contributed by atoms with E-state index < -0.39 is 0 Å². The fourth-order valence-electron chi connectivity index (χ4n) is 1.85. The lowest BCUT2D eigenvalue weighted by atomic mass is 10.2. The molecule has 0 atom stereocenters. The fourth-order valence-corrected chi connectivity index (χ4v) is 1.85. The molecule has 2 heteroatoms. The minimum absolute atomic E-state index is 0.930. The molecule has 2 heterocycles. The summed E-state index contributed by atoms with van der Waals surface area (Å²) >= 11 is 0. The average Bonchev–Trinajstić information content (AvgIpc) is 2.59. The first-order valence-corrected chi connectivity index (χ1v) is 5.03. The van der Waals surface area contributed by atoms with E-state index in [1.807, 2.05) is 0 Å². The summed E-state index contributed by atoms with van der Waals surface area (Å²) in [6, 6.07) is 0. The Labute approximate surface area is 74.2 Å². The first-order chi connectivity index (χ1) is 5.95. The van der Waals surface area contributed by atoms with E-state index >= 15 is 0 Å². The standard InChI is InChI=1S/C10H17NO/c1-4-8-12-10(5-1)9-11-6-2-3-7-11/h9H,1-8H2. The van der Waals surface area contributed by atoms with Gasteiger partial charge in [-0.25, -0.2) is 0 Å².